The minimum atomic E-state index is -4.74. The summed E-state index contributed by atoms with van der Waals surface area (Å²) in [6, 6.07) is 11.0. The van der Waals surface area contributed by atoms with E-state index in [1.54, 1.807) is 38.1 Å². The normalized spacial score (nSPS) is 21.4. The van der Waals surface area contributed by atoms with E-state index in [0.29, 0.717) is 11.5 Å². The molecule has 5 heterocycles. The van der Waals surface area contributed by atoms with E-state index in [4.69, 9.17) is 9.47 Å². The smallest absolute Gasteiger partial charge is 0.341 e. The predicted molar refractivity (Wildman–Crippen MR) is 156 cm³/mol. The third-order valence-corrected chi connectivity index (χ3v) is 9.39. The lowest BCUT2D eigenvalue weighted by Crippen LogP contribution is -2.51. The number of alkyl halides is 3. The van der Waals surface area contributed by atoms with Crippen molar-refractivity contribution in [2.75, 3.05) is 16.8 Å². The minimum Gasteiger partial charge on any atom is -0.341 e. The van der Waals surface area contributed by atoms with Gasteiger partial charge in [-0.25, -0.2) is 22.4 Å². The molecule has 0 spiro atoms. The number of nitrogens with zero attached hydrogens (tertiary/aromatic N) is 5. The molecule has 6 rings (SSSR count). The number of carbonyl (C=O) groups is 2. The first-order valence-electron chi connectivity index (χ1n) is 13.8. The lowest BCUT2D eigenvalue weighted by atomic mass is 10.1. The average molecular weight is 644 g/mol. The molecule has 45 heavy (non-hydrogen) atoms. The fraction of sp³-hybridized carbons (Fsp3) is 0.333. The van der Waals surface area contributed by atoms with Crippen LogP contribution in [0.1, 0.15) is 30.7 Å². The summed E-state index contributed by atoms with van der Waals surface area (Å²) < 4.78 is 80.8. The zero-order chi connectivity index (χ0) is 32.6. The number of fused-ring (bicyclic) bond motifs is 2. The van der Waals surface area contributed by atoms with Gasteiger partial charge in [-0.15, -0.1) is 0 Å². The van der Waals surface area contributed by atoms with Gasteiger partial charge in [-0.3, -0.25) is 19.4 Å². The van der Waals surface area contributed by atoms with Gasteiger partial charge < -0.3 is 9.47 Å². The Hall–Kier alpha value is -4.34. The average Bonchev–Trinajstić information content (AvgIpc) is 3.61. The molecule has 0 bridgehead atoms. The van der Waals surface area contributed by atoms with E-state index in [0.717, 1.165) is 25.4 Å². The van der Waals surface area contributed by atoms with Gasteiger partial charge in [0, 0.05) is 24.3 Å². The summed E-state index contributed by atoms with van der Waals surface area (Å²) in [5.74, 6) is -3.17. The van der Waals surface area contributed by atoms with Gasteiger partial charge in [0.15, 0.2) is 17.5 Å². The molecule has 0 aliphatic carbocycles. The summed E-state index contributed by atoms with van der Waals surface area (Å²) >= 11 is 0. The topological polar surface area (TPSA) is 124 Å². The van der Waals surface area contributed by atoms with Gasteiger partial charge >= 0.3 is 6.18 Å². The summed E-state index contributed by atoms with van der Waals surface area (Å²) in [6.07, 6.45) is -5.85. The first kappa shape index (κ1) is 30.7. The van der Waals surface area contributed by atoms with Gasteiger partial charge in [-0.05, 0) is 70.2 Å². The highest BCUT2D eigenvalue weighted by Crippen LogP contribution is 2.41. The second kappa shape index (κ2) is 10.4. The molecule has 2 aliphatic rings. The van der Waals surface area contributed by atoms with E-state index in [9.17, 15) is 31.2 Å². The molecule has 15 heteroatoms. The van der Waals surface area contributed by atoms with Crippen LogP contribution in [0.25, 0.3) is 11.0 Å². The van der Waals surface area contributed by atoms with E-state index in [-0.39, 0.29) is 27.9 Å². The summed E-state index contributed by atoms with van der Waals surface area (Å²) in [5.41, 5.74) is -0.140. The third kappa shape index (κ3) is 5.23. The van der Waals surface area contributed by atoms with Crippen molar-refractivity contribution < 1.29 is 40.7 Å². The molecule has 3 aromatic heterocycles. The first-order chi connectivity index (χ1) is 21.0. The highest BCUT2D eigenvalue weighted by Gasteiger charge is 2.61. The van der Waals surface area contributed by atoms with Gasteiger partial charge in [0.2, 0.25) is 0 Å². The van der Waals surface area contributed by atoms with Crippen LogP contribution in [0, 0.1) is 13.8 Å². The van der Waals surface area contributed by atoms with Gasteiger partial charge in [0.1, 0.15) is 23.8 Å². The van der Waals surface area contributed by atoms with E-state index in [1.165, 1.54) is 38.4 Å². The third-order valence-electron chi connectivity index (χ3n) is 7.71. The second-order valence-electron chi connectivity index (χ2n) is 11.4. The number of halogens is 3. The number of aromatic nitrogens is 3. The molecule has 236 valence electrons. The van der Waals surface area contributed by atoms with Crippen LogP contribution >= 0.6 is 0 Å². The fourth-order valence-electron chi connectivity index (χ4n) is 5.57. The Balaban J connectivity index is 1.41. The monoisotopic (exact) mass is 643 g/mol. The SMILES string of the molecule is Cc1ccc(S(=O)(=O)n2ccc3ccc(N(C)C(=O)C4C5OC(C)(C)OC5C(=O)N4c4cc(C(F)(F)F)cc(C)n4)nc32)cc1. The van der Waals surface area contributed by atoms with E-state index >= 15 is 0 Å². The van der Waals surface area contributed by atoms with Crippen LogP contribution in [-0.2, 0) is 35.3 Å². The highest BCUT2D eigenvalue weighted by atomic mass is 32.2. The van der Waals surface area contributed by atoms with Crippen molar-refractivity contribution in [2.45, 2.75) is 62.8 Å². The van der Waals surface area contributed by atoms with Gasteiger partial charge in [0.25, 0.3) is 21.8 Å². The molecule has 11 nitrogen and oxygen atoms in total. The Morgan fingerprint density at radius 3 is 2.36 bits per heavy atom. The fourth-order valence-corrected chi connectivity index (χ4v) is 6.87. The number of hydrogen-bond acceptors (Lipinski definition) is 8. The van der Waals surface area contributed by atoms with Gasteiger partial charge in [-0.2, -0.15) is 13.2 Å². The van der Waals surface area contributed by atoms with Crippen molar-refractivity contribution in [3.05, 3.63) is 77.6 Å². The lowest BCUT2D eigenvalue weighted by molar-refractivity contribution is -0.161. The standard InChI is InChI=1S/C30H28F3N5O6S/c1-16-6-9-20(10-7-16)45(41,42)37-13-12-18-8-11-21(35-26(18)37)36(5)27(39)23-24-25(44-29(3,4)43-24)28(40)38(23)22-15-19(30(31,32)33)14-17(2)34-22/h6-15,23-25H,1-5H3. The molecule has 2 aliphatic heterocycles. The highest BCUT2D eigenvalue weighted by molar-refractivity contribution is 7.90. The van der Waals surface area contributed by atoms with Crippen molar-refractivity contribution >= 4 is 44.5 Å². The van der Waals surface area contributed by atoms with Crippen LogP contribution in [0.2, 0.25) is 0 Å². The Kier molecular flexibility index (Phi) is 7.06. The number of likely N-dealkylation sites (N-methyl/N-ethyl adjacent to an activating group) is 1. The molecule has 0 N–H and O–H groups in total. The number of anilines is 2. The van der Waals surface area contributed by atoms with Crippen molar-refractivity contribution in [1.82, 2.24) is 13.9 Å². The van der Waals surface area contributed by atoms with Crippen molar-refractivity contribution in [1.29, 1.82) is 0 Å². The summed E-state index contributed by atoms with van der Waals surface area (Å²) in [6.45, 7) is 6.29. The zero-order valence-electron chi connectivity index (χ0n) is 24.7. The molecule has 2 amide bonds. The molecular formula is C30H28F3N5O6S. The number of pyridine rings is 2. The Bertz CT molecular complexity index is 1960. The maximum absolute atomic E-state index is 14.2. The van der Waals surface area contributed by atoms with Gasteiger partial charge in [-0.1, -0.05) is 17.7 Å². The maximum Gasteiger partial charge on any atom is 0.416 e. The lowest BCUT2D eigenvalue weighted by Gasteiger charge is -2.31. The molecule has 3 unspecified atom stereocenters. The molecule has 0 radical (unpaired) electrons. The number of aryl methyl sites for hydroxylation is 2. The number of amides is 2. The number of carbonyl (C=O) groups excluding carboxylic acids is 2. The minimum absolute atomic E-state index is 0.0194. The molecule has 2 saturated heterocycles. The molecule has 4 aromatic rings. The first-order valence-corrected chi connectivity index (χ1v) is 15.2. The van der Waals surface area contributed by atoms with Crippen molar-refractivity contribution in [3.8, 4) is 0 Å². The number of rotatable bonds is 5. The van der Waals surface area contributed by atoms with E-state index < -0.39 is 57.6 Å². The van der Waals surface area contributed by atoms with E-state index in [1.807, 2.05) is 6.92 Å². The van der Waals surface area contributed by atoms with Crippen LogP contribution in [0.4, 0.5) is 24.8 Å². The quantitative estimate of drug-likeness (QED) is 0.317. The van der Waals surface area contributed by atoms with Crippen LogP contribution in [0.5, 0.6) is 0 Å². The zero-order valence-corrected chi connectivity index (χ0v) is 25.5. The van der Waals surface area contributed by atoms with Crippen LogP contribution in [0.3, 0.4) is 0 Å². The predicted octanol–water partition coefficient (Wildman–Crippen LogP) is 4.20. The maximum atomic E-state index is 14.2. The van der Waals surface area contributed by atoms with Crippen LogP contribution < -0.4 is 9.80 Å². The molecule has 3 atom stereocenters. The second-order valence-corrected chi connectivity index (χ2v) is 13.3. The largest absolute Gasteiger partial charge is 0.416 e. The number of hydrogen-bond donors (Lipinski definition) is 0. The van der Waals surface area contributed by atoms with Crippen LogP contribution in [0.15, 0.2) is 65.7 Å². The summed E-state index contributed by atoms with van der Waals surface area (Å²) in [7, 11) is -2.69. The summed E-state index contributed by atoms with van der Waals surface area (Å²) in [4.78, 5) is 38.4. The Morgan fingerprint density at radius 2 is 1.69 bits per heavy atom. The molecule has 0 saturated carbocycles. The molecule has 1 aromatic carbocycles. The van der Waals surface area contributed by atoms with Crippen molar-refractivity contribution in [3.63, 3.8) is 0 Å². The van der Waals surface area contributed by atoms with E-state index in [2.05, 4.69) is 9.97 Å². The number of ether oxygens (including phenoxy) is 2. The molecular weight excluding hydrogens is 615 g/mol. The molecule has 2 fully saturated rings. The Labute approximate surface area is 256 Å². The van der Waals surface area contributed by atoms with Gasteiger partial charge in [0.05, 0.1) is 10.5 Å². The Morgan fingerprint density at radius 1 is 1.00 bits per heavy atom. The van der Waals surface area contributed by atoms with Crippen LogP contribution in [-0.4, -0.2) is 65.3 Å². The number of benzene rings is 1. The van der Waals surface area contributed by atoms with Crippen molar-refractivity contribution in [2.24, 2.45) is 0 Å². The summed E-state index contributed by atoms with van der Waals surface area (Å²) in [5, 5.41) is 0.478.